The maximum Gasteiger partial charge on any atom is 0.435 e. The van der Waals surface area contributed by atoms with Crippen LogP contribution in [-0.4, -0.2) is 28.2 Å². The molecule has 2 amide bonds. The van der Waals surface area contributed by atoms with Crippen LogP contribution in [0.5, 0.6) is 5.88 Å². The predicted octanol–water partition coefficient (Wildman–Crippen LogP) is 5.17. The summed E-state index contributed by atoms with van der Waals surface area (Å²) in [6.07, 6.45) is -4.72. The maximum atomic E-state index is 13.2. The van der Waals surface area contributed by atoms with Crippen LogP contribution in [0.4, 0.5) is 24.5 Å². The number of halogens is 5. The molecule has 168 valence electrons. The minimum Gasteiger partial charge on any atom is -0.467 e. The number of alkyl halides is 3. The standard InChI is InChI=1S/C20H15Cl2F3N4O3/c1-11(30)26-15-7-6-12(8-14(15)22)27-18(31)10-32-19-9-17(20(23,24)25)28-29(19)16-5-3-2-4-13(16)21/h2-9H,10H2,1H3,(H,26,30)(H,27,31). The topological polar surface area (TPSA) is 85.2 Å². The largest absolute Gasteiger partial charge is 0.467 e. The number of ether oxygens (including phenoxy) is 1. The zero-order chi connectivity index (χ0) is 23.5. The van der Waals surface area contributed by atoms with E-state index >= 15 is 0 Å². The minimum atomic E-state index is -4.72. The van der Waals surface area contributed by atoms with Crippen molar-refractivity contribution in [2.24, 2.45) is 0 Å². The molecule has 0 aliphatic rings. The summed E-state index contributed by atoms with van der Waals surface area (Å²) in [5.74, 6) is -1.29. The van der Waals surface area contributed by atoms with Gasteiger partial charge in [-0.1, -0.05) is 35.3 Å². The second-order valence-electron chi connectivity index (χ2n) is 6.44. The van der Waals surface area contributed by atoms with Crippen molar-refractivity contribution in [3.05, 3.63) is 64.3 Å². The molecule has 0 unspecified atom stereocenters. The second kappa shape index (κ2) is 9.49. The number of aromatic nitrogens is 2. The van der Waals surface area contributed by atoms with Crippen molar-refractivity contribution >= 4 is 46.4 Å². The summed E-state index contributed by atoms with van der Waals surface area (Å²) < 4.78 is 45.6. The van der Waals surface area contributed by atoms with Crippen LogP contribution in [0.25, 0.3) is 5.69 Å². The number of rotatable bonds is 6. The van der Waals surface area contributed by atoms with E-state index in [4.69, 9.17) is 27.9 Å². The fourth-order valence-electron chi connectivity index (χ4n) is 2.62. The lowest BCUT2D eigenvalue weighted by Gasteiger charge is -2.11. The van der Waals surface area contributed by atoms with Gasteiger partial charge >= 0.3 is 6.18 Å². The number of amides is 2. The molecule has 0 aliphatic carbocycles. The first-order valence-corrected chi connectivity index (χ1v) is 9.72. The average molecular weight is 487 g/mol. The normalized spacial score (nSPS) is 11.2. The van der Waals surface area contributed by atoms with Gasteiger partial charge < -0.3 is 15.4 Å². The number of nitrogens with one attached hydrogen (secondary N) is 2. The summed E-state index contributed by atoms with van der Waals surface area (Å²) in [7, 11) is 0. The molecule has 0 saturated heterocycles. The molecule has 0 radical (unpaired) electrons. The van der Waals surface area contributed by atoms with Crippen LogP contribution in [0.2, 0.25) is 10.0 Å². The van der Waals surface area contributed by atoms with Crippen molar-refractivity contribution in [1.29, 1.82) is 0 Å². The highest BCUT2D eigenvalue weighted by Gasteiger charge is 2.36. The molecule has 12 heteroatoms. The molecule has 0 fully saturated rings. The number of benzene rings is 2. The Morgan fingerprint density at radius 1 is 1.06 bits per heavy atom. The summed E-state index contributed by atoms with van der Waals surface area (Å²) in [5, 5.41) is 8.87. The molecule has 1 heterocycles. The van der Waals surface area contributed by atoms with Crippen LogP contribution in [0.1, 0.15) is 12.6 Å². The average Bonchev–Trinajstić information content (AvgIpc) is 3.13. The van der Waals surface area contributed by atoms with Crippen molar-refractivity contribution in [3.8, 4) is 11.6 Å². The summed E-state index contributed by atoms with van der Waals surface area (Å²) in [6, 6.07) is 11.2. The van der Waals surface area contributed by atoms with Gasteiger partial charge in [0.05, 0.1) is 21.4 Å². The number of carbonyl (C=O) groups excluding carboxylic acids is 2. The van der Waals surface area contributed by atoms with E-state index in [9.17, 15) is 22.8 Å². The third-order valence-corrected chi connectivity index (χ3v) is 4.59. The summed E-state index contributed by atoms with van der Waals surface area (Å²) in [4.78, 5) is 23.4. The van der Waals surface area contributed by atoms with Gasteiger partial charge in [0.25, 0.3) is 5.91 Å². The van der Waals surface area contributed by atoms with Crippen LogP contribution in [-0.2, 0) is 15.8 Å². The molecule has 1 aromatic heterocycles. The first kappa shape index (κ1) is 23.4. The SMILES string of the molecule is CC(=O)Nc1ccc(NC(=O)COc2cc(C(F)(F)F)nn2-c2ccccc2Cl)cc1Cl. The Morgan fingerprint density at radius 3 is 2.41 bits per heavy atom. The lowest BCUT2D eigenvalue weighted by atomic mass is 10.2. The van der Waals surface area contributed by atoms with Crippen LogP contribution >= 0.6 is 23.2 Å². The van der Waals surface area contributed by atoms with Crippen molar-refractivity contribution in [3.63, 3.8) is 0 Å². The highest BCUT2D eigenvalue weighted by Crippen LogP contribution is 2.33. The first-order chi connectivity index (χ1) is 15.0. The molecule has 32 heavy (non-hydrogen) atoms. The van der Waals surface area contributed by atoms with E-state index in [-0.39, 0.29) is 27.5 Å². The highest BCUT2D eigenvalue weighted by molar-refractivity contribution is 6.34. The first-order valence-electron chi connectivity index (χ1n) is 8.96. The molecule has 0 spiro atoms. The number of carbonyl (C=O) groups is 2. The van der Waals surface area contributed by atoms with Gasteiger partial charge in [-0.25, -0.2) is 0 Å². The molecule has 2 N–H and O–H groups in total. The zero-order valence-electron chi connectivity index (χ0n) is 16.3. The van der Waals surface area contributed by atoms with Crippen LogP contribution in [0, 0.1) is 0 Å². The van der Waals surface area contributed by atoms with E-state index in [1.54, 1.807) is 12.1 Å². The minimum absolute atomic E-state index is 0.146. The Kier molecular flexibility index (Phi) is 6.95. The van der Waals surface area contributed by atoms with Gasteiger partial charge in [-0.2, -0.15) is 23.0 Å². The number of nitrogens with zero attached hydrogens (tertiary/aromatic N) is 2. The molecule has 3 aromatic rings. The van der Waals surface area contributed by atoms with Crippen molar-refractivity contribution in [1.82, 2.24) is 9.78 Å². The van der Waals surface area contributed by atoms with E-state index in [1.807, 2.05) is 0 Å². The van der Waals surface area contributed by atoms with E-state index in [0.29, 0.717) is 17.4 Å². The van der Waals surface area contributed by atoms with Crippen LogP contribution in [0.3, 0.4) is 0 Å². The Labute approximate surface area is 190 Å². The summed E-state index contributed by atoms with van der Waals surface area (Å²) >= 11 is 12.1. The van der Waals surface area contributed by atoms with E-state index < -0.39 is 24.4 Å². The second-order valence-corrected chi connectivity index (χ2v) is 7.26. The summed E-state index contributed by atoms with van der Waals surface area (Å²) in [6.45, 7) is 0.708. The number of hydrogen-bond acceptors (Lipinski definition) is 4. The smallest absolute Gasteiger partial charge is 0.435 e. The molecule has 0 saturated carbocycles. The third-order valence-electron chi connectivity index (χ3n) is 3.96. The van der Waals surface area contributed by atoms with E-state index in [1.165, 1.54) is 37.3 Å². The monoisotopic (exact) mass is 486 g/mol. The van der Waals surface area contributed by atoms with Gasteiger partial charge in [0.2, 0.25) is 11.8 Å². The lowest BCUT2D eigenvalue weighted by Crippen LogP contribution is -2.21. The number of hydrogen-bond donors (Lipinski definition) is 2. The molecule has 2 aromatic carbocycles. The number of para-hydroxylation sites is 1. The van der Waals surface area contributed by atoms with Gasteiger partial charge in [-0.05, 0) is 30.3 Å². The van der Waals surface area contributed by atoms with Gasteiger partial charge in [0.1, 0.15) is 0 Å². The Morgan fingerprint density at radius 2 is 1.78 bits per heavy atom. The van der Waals surface area contributed by atoms with Crippen molar-refractivity contribution in [2.75, 3.05) is 17.2 Å². The molecule has 3 rings (SSSR count). The van der Waals surface area contributed by atoms with Crippen molar-refractivity contribution in [2.45, 2.75) is 13.1 Å². The molecular weight excluding hydrogens is 472 g/mol. The van der Waals surface area contributed by atoms with Gasteiger partial charge in [0, 0.05) is 18.7 Å². The lowest BCUT2D eigenvalue weighted by molar-refractivity contribution is -0.141. The van der Waals surface area contributed by atoms with E-state index in [2.05, 4.69) is 15.7 Å². The molecule has 0 aliphatic heterocycles. The Hall–Kier alpha value is -3.24. The Balaban J connectivity index is 1.75. The van der Waals surface area contributed by atoms with Crippen molar-refractivity contribution < 1.29 is 27.5 Å². The molecule has 7 nitrogen and oxygen atoms in total. The molecular formula is C20H15Cl2F3N4O3. The zero-order valence-corrected chi connectivity index (χ0v) is 17.8. The molecule has 0 atom stereocenters. The summed E-state index contributed by atoms with van der Waals surface area (Å²) in [5.41, 5.74) is -0.390. The predicted molar refractivity (Wildman–Crippen MR) is 113 cm³/mol. The maximum absolute atomic E-state index is 13.2. The number of anilines is 2. The Bertz CT molecular complexity index is 1170. The van der Waals surface area contributed by atoms with Gasteiger partial charge in [-0.3, -0.25) is 9.59 Å². The molecule has 0 bridgehead atoms. The fraction of sp³-hybridized carbons (Fsp3) is 0.150. The van der Waals surface area contributed by atoms with E-state index in [0.717, 1.165) is 4.68 Å². The quantitative estimate of drug-likeness (QED) is 0.502. The van der Waals surface area contributed by atoms with Crippen LogP contribution in [0.15, 0.2) is 48.5 Å². The third kappa shape index (κ3) is 5.71. The fourth-order valence-corrected chi connectivity index (χ4v) is 3.07. The van der Waals surface area contributed by atoms with Crippen LogP contribution < -0.4 is 15.4 Å². The van der Waals surface area contributed by atoms with Gasteiger partial charge in [-0.15, -0.1) is 0 Å². The highest BCUT2D eigenvalue weighted by atomic mass is 35.5. The van der Waals surface area contributed by atoms with Gasteiger partial charge in [0.15, 0.2) is 12.3 Å².